The number of carboxylic acids is 1. The normalized spacial score (nSPS) is 24.8. The third kappa shape index (κ3) is 2.68. The second-order valence-electron chi connectivity index (χ2n) is 3.45. The molecule has 0 aromatic rings. The number of rotatable bonds is 4. The molecule has 0 saturated carbocycles. The number of hydrogen-bond donors (Lipinski definition) is 1. The summed E-state index contributed by atoms with van der Waals surface area (Å²) >= 11 is 0. The van der Waals surface area contributed by atoms with Gasteiger partial charge in [0.1, 0.15) is 0 Å². The zero-order valence-corrected chi connectivity index (χ0v) is 8.79. The van der Waals surface area contributed by atoms with Gasteiger partial charge < -0.3 is 9.84 Å². The van der Waals surface area contributed by atoms with E-state index in [9.17, 15) is 13.2 Å². The van der Waals surface area contributed by atoms with E-state index in [1.807, 2.05) is 0 Å². The summed E-state index contributed by atoms with van der Waals surface area (Å²) in [4.78, 5) is 10.5. The molecule has 0 aromatic carbocycles. The lowest BCUT2D eigenvalue weighted by Crippen LogP contribution is -2.33. The lowest BCUT2D eigenvalue weighted by atomic mass is 10.3. The van der Waals surface area contributed by atoms with Crippen molar-refractivity contribution < 1.29 is 23.1 Å². The van der Waals surface area contributed by atoms with Crippen LogP contribution in [0.4, 0.5) is 0 Å². The van der Waals surface area contributed by atoms with E-state index >= 15 is 0 Å². The highest BCUT2D eigenvalue weighted by atomic mass is 32.2. The zero-order chi connectivity index (χ0) is 10.8. The second-order valence-corrected chi connectivity index (χ2v) is 5.81. The van der Waals surface area contributed by atoms with Crippen LogP contribution in [0.25, 0.3) is 0 Å². The van der Waals surface area contributed by atoms with Crippen molar-refractivity contribution in [3.05, 3.63) is 0 Å². The van der Waals surface area contributed by atoms with Crippen molar-refractivity contribution in [2.45, 2.75) is 31.1 Å². The summed E-state index contributed by atoms with van der Waals surface area (Å²) in [6, 6.07) is 0. The maximum Gasteiger partial charge on any atom is 0.321 e. The molecule has 1 aliphatic rings. The first kappa shape index (κ1) is 11.5. The van der Waals surface area contributed by atoms with E-state index in [-0.39, 0.29) is 11.9 Å². The van der Waals surface area contributed by atoms with E-state index in [1.54, 1.807) is 0 Å². The molecular weight excluding hydrogens is 208 g/mol. The molecule has 14 heavy (non-hydrogen) atoms. The fourth-order valence-corrected chi connectivity index (χ4v) is 2.71. The van der Waals surface area contributed by atoms with Crippen LogP contribution in [-0.2, 0) is 19.4 Å². The summed E-state index contributed by atoms with van der Waals surface area (Å²) in [5.74, 6) is -1.48. The minimum absolute atomic E-state index is 0.180. The Morgan fingerprint density at radius 1 is 1.64 bits per heavy atom. The average molecular weight is 222 g/mol. The molecule has 1 aliphatic heterocycles. The van der Waals surface area contributed by atoms with Gasteiger partial charge in [0.2, 0.25) is 0 Å². The Hall–Kier alpha value is -0.620. The maximum absolute atomic E-state index is 11.5. The van der Waals surface area contributed by atoms with Crippen molar-refractivity contribution in [3.8, 4) is 0 Å². The van der Waals surface area contributed by atoms with Gasteiger partial charge in [-0.3, -0.25) is 4.79 Å². The molecule has 0 aromatic heterocycles. The van der Waals surface area contributed by atoms with E-state index in [2.05, 4.69) is 0 Å². The first-order valence-electron chi connectivity index (χ1n) is 4.49. The SMILES string of the molecule is C[C@@H](C(=O)O)S(=O)(=O)C[C@H]1CCCO1. The summed E-state index contributed by atoms with van der Waals surface area (Å²) in [6.07, 6.45) is 1.23. The fraction of sp³-hybridized carbons (Fsp3) is 0.875. The van der Waals surface area contributed by atoms with Crippen molar-refractivity contribution in [3.63, 3.8) is 0 Å². The van der Waals surface area contributed by atoms with E-state index in [0.717, 1.165) is 6.42 Å². The van der Waals surface area contributed by atoms with Crippen LogP contribution in [0.5, 0.6) is 0 Å². The molecule has 1 fully saturated rings. The number of carbonyl (C=O) groups is 1. The molecule has 0 spiro atoms. The van der Waals surface area contributed by atoms with Gasteiger partial charge in [-0.1, -0.05) is 0 Å². The van der Waals surface area contributed by atoms with Crippen LogP contribution in [0.2, 0.25) is 0 Å². The van der Waals surface area contributed by atoms with Crippen molar-refractivity contribution in [1.82, 2.24) is 0 Å². The molecule has 1 N–H and O–H groups in total. The maximum atomic E-state index is 11.5. The highest BCUT2D eigenvalue weighted by Gasteiger charge is 2.31. The van der Waals surface area contributed by atoms with E-state index in [1.165, 1.54) is 6.92 Å². The molecule has 1 rings (SSSR count). The predicted molar refractivity (Wildman–Crippen MR) is 49.9 cm³/mol. The van der Waals surface area contributed by atoms with Gasteiger partial charge >= 0.3 is 5.97 Å². The molecular formula is C8H14O5S. The Balaban J connectivity index is 2.61. The van der Waals surface area contributed by atoms with Crippen molar-refractivity contribution >= 4 is 15.8 Å². The van der Waals surface area contributed by atoms with Gasteiger partial charge in [0.25, 0.3) is 0 Å². The van der Waals surface area contributed by atoms with Gasteiger partial charge in [-0.2, -0.15) is 0 Å². The third-order valence-electron chi connectivity index (χ3n) is 2.33. The Kier molecular flexibility index (Phi) is 3.49. The molecule has 82 valence electrons. The van der Waals surface area contributed by atoms with Crippen molar-refractivity contribution in [1.29, 1.82) is 0 Å². The summed E-state index contributed by atoms with van der Waals surface area (Å²) in [6.45, 7) is 1.76. The van der Waals surface area contributed by atoms with Gasteiger partial charge in [0.05, 0.1) is 11.9 Å². The van der Waals surface area contributed by atoms with Gasteiger partial charge in [0.15, 0.2) is 15.1 Å². The zero-order valence-electron chi connectivity index (χ0n) is 7.97. The summed E-state index contributed by atoms with van der Waals surface area (Å²) in [5.41, 5.74) is 0. The lowest BCUT2D eigenvalue weighted by molar-refractivity contribution is -0.136. The van der Waals surface area contributed by atoms with E-state index < -0.39 is 21.1 Å². The lowest BCUT2D eigenvalue weighted by Gasteiger charge is -2.12. The smallest absolute Gasteiger partial charge is 0.321 e. The monoisotopic (exact) mass is 222 g/mol. The number of aliphatic carboxylic acids is 1. The Morgan fingerprint density at radius 3 is 2.71 bits per heavy atom. The van der Waals surface area contributed by atoms with E-state index in [4.69, 9.17) is 9.84 Å². The molecule has 0 radical (unpaired) electrons. The molecule has 0 aliphatic carbocycles. The van der Waals surface area contributed by atoms with Crippen LogP contribution in [0.1, 0.15) is 19.8 Å². The molecule has 0 bridgehead atoms. The molecule has 1 heterocycles. The van der Waals surface area contributed by atoms with Gasteiger partial charge in [0, 0.05) is 6.61 Å². The van der Waals surface area contributed by atoms with Crippen LogP contribution in [0.3, 0.4) is 0 Å². The van der Waals surface area contributed by atoms with Crippen LogP contribution < -0.4 is 0 Å². The van der Waals surface area contributed by atoms with Crippen molar-refractivity contribution in [2.24, 2.45) is 0 Å². The largest absolute Gasteiger partial charge is 0.480 e. The Morgan fingerprint density at radius 2 is 2.29 bits per heavy atom. The third-order valence-corrected chi connectivity index (χ3v) is 4.44. The minimum Gasteiger partial charge on any atom is -0.480 e. The van der Waals surface area contributed by atoms with Gasteiger partial charge in [-0.25, -0.2) is 8.42 Å². The number of sulfone groups is 1. The van der Waals surface area contributed by atoms with Crippen LogP contribution in [0, 0.1) is 0 Å². The highest BCUT2D eigenvalue weighted by molar-refractivity contribution is 7.92. The van der Waals surface area contributed by atoms with Crippen LogP contribution in [-0.4, -0.2) is 43.2 Å². The Bertz CT molecular complexity index is 302. The van der Waals surface area contributed by atoms with Crippen molar-refractivity contribution in [2.75, 3.05) is 12.4 Å². The standard InChI is InChI=1S/C8H14O5S/c1-6(8(9)10)14(11,12)5-7-3-2-4-13-7/h6-7H,2-5H2,1H3,(H,9,10)/t6-,7+/m0/s1. The number of ether oxygens (including phenoxy) is 1. The molecule has 0 unspecified atom stereocenters. The predicted octanol–water partition coefficient (Wildman–Crippen LogP) is 0.0533. The van der Waals surface area contributed by atoms with Crippen LogP contribution in [0.15, 0.2) is 0 Å². The molecule has 0 amide bonds. The molecule has 5 nitrogen and oxygen atoms in total. The number of carboxylic acid groups (broad SMARTS) is 1. The quantitative estimate of drug-likeness (QED) is 0.727. The Labute approximate surface area is 83.0 Å². The molecule has 1 saturated heterocycles. The molecule has 2 atom stereocenters. The summed E-state index contributed by atoms with van der Waals surface area (Å²) in [5, 5.41) is 7.23. The first-order valence-corrected chi connectivity index (χ1v) is 6.21. The van der Waals surface area contributed by atoms with E-state index in [0.29, 0.717) is 13.0 Å². The fourth-order valence-electron chi connectivity index (χ4n) is 1.33. The topological polar surface area (TPSA) is 80.7 Å². The van der Waals surface area contributed by atoms with Gasteiger partial charge in [-0.15, -0.1) is 0 Å². The van der Waals surface area contributed by atoms with Crippen LogP contribution >= 0.6 is 0 Å². The number of hydrogen-bond acceptors (Lipinski definition) is 4. The minimum atomic E-state index is -3.57. The highest BCUT2D eigenvalue weighted by Crippen LogP contribution is 2.16. The van der Waals surface area contributed by atoms with Gasteiger partial charge in [-0.05, 0) is 19.8 Å². The average Bonchev–Trinajstić information content (AvgIpc) is 2.54. The first-order chi connectivity index (χ1) is 6.43. The second kappa shape index (κ2) is 4.27. The molecule has 6 heteroatoms. The summed E-state index contributed by atoms with van der Waals surface area (Å²) < 4.78 is 28.1. The summed E-state index contributed by atoms with van der Waals surface area (Å²) in [7, 11) is -3.57.